The maximum absolute atomic E-state index is 13.0. The highest BCUT2D eigenvalue weighted by Crippen LogP contribution is 2.15. The monoisotopic (exact) mass is 326 g/mol. The number of fused-ring (bicyclic) bond motifs is 2. The molecule has 0 saturated carbocycles. The second kappa shape index (κ2) is 5.87. The standard InChI is InChI=1S/C18H19FN4O/c1-12-10-17-20-16-7-9-22(11-13-2-4-14(19)5-3-13)8-6-15(16)18(24)23(17)21-12/h2-5,10,21H,6-9,11H2,1H3. The Morgan fingerprint density at radius 3 is 2.75 bits per heavy atom. The zero-order chi connectivity index (χ0) is 16.7. The van der Waals surface area contributed by atoms with Crippen LogP contribution in [0.25, 0.3) is 5.65 Å². The van der Waals surface area contributed by atoms with Gasteiger partial charge in [-0.2, -0.15) is 0 Å². The van der Waals surface area contributed by atoms with Gasteiger partial charge in [0.25, 0.3) is 5.56 Å². The summed E-state index contributed by atoms with van der Waals surface area (Å²) in [6.45, 7) is 4.32. The van der Waals surface area contributed by atoms with E-state index in [1.165, 1.54) is 16.6 Å². The lowest BCUT2D eigenvalue weighted by Crippen LogP contribution is -2.26. The Morgan fingerprint density at radius 1 is 1.21 bits per heavy atom. The third-order valence-corrected chi connectivity index (χ3v) is 4.58. The van der Waals surface area contributed by atoms with Crippen molar-refractivity contribution >= 4 is 5.65 Å². The predicted molar refractivity (Wildman–Crippen MR) is 89.6 cm³/mol. The molecule has 2 aromatic heterocycles. The van der Waals surface area contributed by atoms with E-state index in [0.29, 0.717) is 12.1 Å². The van der Waals surface area contributed by atoms with Gasteiger partial charge >= 0.3 is 0 Å². The molecule has 3 heterocycles. The van der Waals surface area contributed by atoms with Crippen LogP contribution in [-0.2, 0) is 19.4 Å². The molecule has 4 rings (SSSR count). The number of hydrogen-bond acceptors (Lipinski definition) is 3. The fourth-order valence-corrected chi connectivity index (χ4v) is 3.34. The number of halogens is 1. The van der Waals surface area contributed by atoms with E-state index in [-0.39, 0.29) is 11.4 Å². The van der Waals surface area contributed by atoms with Crippen LogP contribution in [0.3, 0.4) is 0 Å². The second-order valence-electron chi connectivity index (χ2n) is 6.38. The van der Waals surface area contributed by atoms with Gasteiger partial charge in [-0.25, -0.2) is 13.9 Å². The molecule has 24 heavy (non-hydrogen) atoms. The minimum atomic E-state index is -0.218. The van der Waals surface area contributed by atoms with E-state index in [1.54, 1.807) is 0 Å². The number of aromatic amines is 1. The summed E-state index contributed by atoms with van der Waals surface area (Å²) in [6.07, 6.45) is 1.44. The Morgan fingerprint density at radius 2 is 1.96 bits per heavy atom. The average molecular weight is 326 g/mol. The van der Waals surface area contributed by atoms with Gasteiger partial charge in [0, 0.05) is 43.4 Å². The first kappa shape index (κ1) is 15.1. The molecule has 124 valence electrons. The van der Waals surface area contributed by atoms with Crippen LogP contribution < -0.4 is 5.56 Å². The molecular weight excluding hydrogens is 307 g/mol. The first-order valence-electron chi connectivity index (χ1n) is 8.17. The molecule has 0 unspecified atom stereocenters. The van der Waals surface area contributed by atoms with Crippen LogP contribution >= 0.6 is 0 Å². The molecule has 1 N–H and O–H groups in total. The van der Waals surface area contributed by atoms with E-state index in [1.807, 2.05) is 25.1 Å². The smallest absolute Gasteiger partial charge is 0.276 e. The molecule has 0 fully saturated rings. The van der Waals surface area contributed by atoms with Crippen LogP contribution in [0.15, 0.2) is 35.1 Å². The van der Waals surface area contributed by atoms with Crippen molar-refractivity contribution in [3.63, 3.8) is 0 Å². The van der Waals surface area contributed by atoms with E-state index in [2.05, 4.69) is 15.0 Å². The van der Waals surface area contributed by atoms with Crippen molar-refractivity contribution in [2.45, 2.75) is 26.3 Å². The van der Waals surface area contributed by atoms with Crippen LogP contribution in [0.2, 0.25) is 0 Å². The summed E-state index contributed by atoms with van der Waals surface area (Å²) < 4.78 is 14.6. The average Bonchev–Trinajstić information content (AvgIpc) is 2.82. The van der Waals surface area contributed by atoms with E-state index in [4.69, 9.17) is 0 Å². The number of nitrogens with one attached hydrogen (secondary N) is 1. The number of aryl methyl sites for hydroxylation is 1. The van der Waals surface area contributed by atoms with Gasteiger partial charge in [-0.05, 0) is 31.0 Å². The normalized spacial score (nSPS) is 15.4. The Bertz CT molecular complexity index is 942. The van der Waals surface area contributed by atoms with Crippen LogP contribution in [0.1, 0.15) is 22.5 Å². The highest BCUT2D eigenvalue weighted by molar-refractivity contribution is 5.42. The zero-order valence-corrected chi connectivity index (χ0v) is 13.6. The Hall–Kier alpha value is -2.47. The molecule has 0 atom stereocenters. The lowest BCUT2D eigenvalue weighted by atomic mass is 10.1. The van der Waals surface area contributed by atoms with Crippen LogP contribution in [-0.4, -0.2) is 32.6 Å². The predicted octanol–water partition coefficient (Wildman–Crippen LogP) is 2.07. The van der Waals surface area contributed by atoms with Gasteiger partial charge in [0.1, 0.15) is 5.82 Å². The Labute approximate surface area is 138 Å². The highest BCUT2D eigenvalue weighted by Gasteiger charge is 2.20. The number of hydrogen-bond donors (Lipinski definition) is 1. The van der Waals surface area contributed by atoms with Crippen molar-refractivity contribution in [1.29, 1.82) is 0 Å². The molecule has 0 amide bonds. The Balaban J connectivity index is 1.58. The molecule has 0 aliphatic carbocycles. The molecule has 0 bridgehead atoms. The largest absolute Gasteiger partial charge is 0.298 e. The summed E-state index contributed by atoms with van der Waals surface area (Å²) in [4.78, 5) is 19.6. The molecule has 1 aromatic carbocycles. The third kappa shape index (κ3) is 2.73. The van der Waals surface area contributed by atoms with Gasteiger partial charge in [-0.1, -0.05) is 12.1 Å². The van der Waals surface area contributed by atoms with E-state index < -0.39 is 0 Å². The molecule has 0 spiro atoms. The molecular formula is C18H19FN4O. The number of aromatic nitrogens is 3. The van der Waals surface area contributed by atoms with Crippen molar-refractivity contribution in [2.75, 3.05) is 13.1 Å². The van der Waals surface area contributed by atoms with Gasteiger partial charge in [0.2, 0.25) is 0 Å². The number of benzene rings is 1. The molecule has 5 nitrogen and oxygen atoms in total. The van der Waals surface area contributed by atoms with Gasteiger partial charge in [-0.3, -0.25) is 14.8 Å². The maximum Gasteiger partial charge on any atom is 0.276 e. The summed E-state index contributed by atoms with van der Waals surface area (Å²) >= 11 is 0. The summed E-state index contributed by atoms with van der Waals surface area (Å²) in [5.41, 5.74) is 4.40. The number of rotatable bonds is 2. The van der Waals surface area contributed by atoms with Gasteiger partial charge in [0.05, 0.1) is 5.69 Å². The minimum absolute atomic E-state index is 0.00623. The molecule has 0 radical (unpaired) electrons. The van der Waals surface area contributed by atoms with Crippen molar-refractivity contribution in [3.8, 4) is 0 Å². The van der Waals surface area contributed by atoms with E-state index >= 15 is 0 Å². The van der Waals surface area contributed by atoms with Crippen LogP contribution in [0, 0.1) is 12.7 Å². The van der Waals surface area contributed by atoms with Crippen molar-refractivity contribution in [2.24, 2.45) is 0 Å². The van der Waals surface area contributed by atoms with Crippen molar-refractivity contribution < 1.29 is 4.39 Å². The second-order valence-corrected chi connectivity index (χ2v) is 6.38. The van der Waals surface area contributed by atoms with Gasteiger partial charge in [0.15, 0.2) is 5.65 Å². The summed E-state index contributed by atoms with van der Waals surface area (Å²) in [5, 5.41) is 3.05. The van der Waals surface area contributed by atoms with Gasteiger partial charge < -0.3 is 0 Å². The van der Waals surface area contributed by atoms with E-state index in [9.17, 15) is 9.18 Å². The third-order valence-electron chi connectivity index (χ3n) is 4.58. The highest BCUT2D eigenvalue weighted by atomic mass is 19.1. The molecule has 0 saturated heterocycles. The fraction of sp³-hybridized carbons (Fsp3) is 0.333. The lowest BCUT2D eigenvalue weighted by molar-refractivity contribution is 0.278. The summed E-state index contributed by atoms with van der Waals surface area (Å²) in [7, 11) is 0. The molecule has 1 aliphatic rings. The molecule has 3 aromatic rings. The minimum Gasteiger partial charge on any atom is -0.298 e. The topological polar surface area (TPSA) is 53.4 Å². The summed E-state index contributed by atoms with van der Waals surface area (Å²) in [5.74, 6) is -0.218. The first-order valence-corrected chi connectivity index (χ1v) is 8.17. The zero-order valence-electron chi connectivity index (χ0n) is 13.6. The number of nitrogens with zero attached hydrogens (tertiary/aromatic N) is 3. The van der Waals surface area contributed by atoms with Crippen LogP contribution in [0.4, 0.5) is 4.39 Å². The fourth-order valence-electron chi connectivity index (χ4n) is 3.34. The summed E-state index contributed by atoms with van der Waals surface area (Å²) in [6, 6.07) is 8.49. The van der Waals surface area contributed by atoms with Gasteiger partial charge in [-0.15, -0.1) is 0 Å². The van der Waals surface area contributed by atoms with E-state index in [0.717, 1.165) is 48.6 Å². The van der Waals surface area contributed by atoms with Crippen molar-refractivity contribution in [1.82, 2.24) is 19.5 Å². The maximum atomic E-state index is 13.0. The lowest BCUT2D eigenvalue weighted by Gasteiger charge is -2.19. The number of H-pyrrole nitrogens is 1. The quantitative estimate of drug-likeness (QED) is 0.784. The van der Waals surface area contributed by atoms with Crippen molar-refractivity contribution in [3.05, 3.63) is 69.0 Å². The van der Waals surface area contributed by atoms with Crippen LogP contribution in [0.5, 0.6) is 0 Å². The molecule has 6 heteroatoms. The Kier molecular flexibility index (Phi) is 3.69. The molecule has 1 aliphatic heterocycles. The SMILES string of the molecule is Cc1cc2nc3c(c(=O)n2[nH]1)CCN(Cc1ccc(F)cc1)CC3. The first-order chi connectivity index (χ1) is 11.6.